The van der Waals surface area contributed by atoms with Crippen LogP contribution in [0.1, 0.15) is 11.1 Å². The molecule has 1 aromatic carbocycles. The van der Waals surface area contributed by atoms with Crippen LogP contribution in [-0.4, -0.2) is 58.3 Å². The molecule has 5 amide bonds. The number of carbonyl (C=O) groups excluding carboxylic acids is 3. The summed E-state index contributed by atoms with van der Waals surface area (Å²) in [5.41, 5.74) is 2.05. The van der Waals surface area contributed by atoms with E-state index in [0.29, 0.717) is 12.4 Å². The molecule has 22 heavy (non-hydrogen) atoms. The van der Waals surface area contributed by atoms with E-state index >= 15 is 0 Å². The van der Waals surface area contributed by atoms with Gasteiger partial charge < -0.3 is 0 Å². The van der Waals surface area contributed by atoms with Crippen LogP contribution in [0.25, 0.3) is 0 Å². The van der Waals surface area contributed by atoms with Crippen LogP contribution in [0, 0.1) is 6.92 Å². The first kappa shape index (κ1) is 14.2. The number of hydrogen-bond donors (Lipinski definition) is 1. The number of nitrogens with one attached hydrogen (secondary N) is 1. The number of carbonyl (C=O) groups is 3. The van der Waals surface area contributed by atoms with Crippen LogP contribution < -0.4 is 5.32 Å². The topological polar surface area (TPSA) is 72.7 Å². The maximum absolute atomic E-state index is 12.4. The van der Waals surface area contributed by atoms with Crippen molar-refractivity contribution in [3.8, 4) is 0 Å². The third kappa shape index (κ3) is 2.05. The number of amides is 5. The molecule has 0 saturated carbocycles. The molecule has 2 heterocycles. The standard InChI is InChI=1S/C15H16N4O3/c1-9-4-6-10(7-5-9)8-19-11-12(16-14(19)21)17(2)15(22)18(3)13(11)20/h4-7,11H,8H2,1-3H3/p+1. The van der Waals surface area contributed by atoms with Crippen molar-refractivity contribution in [1.82, 2.24) is 15.1 Å². The lowest BCUT2D eigenvalue weighted by atomic mass is 10.1. The molecule has 0 spiro atoms. The van der Waals surface area contributed by atoms with Crippen LogP contribution in [0.3, 0.4) is 0 Å². The van der Waals surface area contributed by atoms with Crippen molar-refractivity contribution in [3.05, 3.63) is 35.4 Å². The number of rotatable bonds is 2. The van der Waals surface area contributed by atoms with Crippen LogP contribution in [0.15, 0.2) is 24.3 Å². The first-order valence-electron chi connectivity index (χ1n) is 6.95. The second-order valence-electron chi connectivity index (χ2n) is 5.57. The lowest BCUT2D eigenvalue weighted by molar-refractivity contribution is -0.407. The molecule has 2 aliphatic heterocycles. The minimum Gasteiger partial charge on any atom is -0.284 e. The molecule has 1 saturated heterocycles. The van der Waals surface area contributed by atoms with E-state index in [-0.39, 0.29) is 6.03 Å². The smallest absolute Gasteiger partial charge is 0.284 e. The highest BCUT2D eigenvalue weighted by atomic mass is 16.2. The molecular weight excluding hydrogens is 284 g/mol. The molecule has 0 radical (unpaired) electrons. The summed E-state index contributed by atoms with van der Waals surface area (Å²) in [5.74, 6) is -0.0752. The Bertz CT molecular complexity index is 708. The van der Waals surface area contributed by atoms with Gasteiger partial charge in [0.25, 0.3) is 0 Å². The molecule has 1 N–H and O–H groups in total. The van der Waals surface area contributed by atoms with E-state index < -0.39 is 18.0 Å². The number of urea groups is 2. The zero-order valence-electron chi connectivity index (χ0n) is 12.7. The summed E-state index contributed by atoms with van der Waals surface area (Å²) < 4.78 is 1.30. The van der Waals surface area contributed by atoms with Crippen molar-refractivity contribution in [2.24, 2.45) is 0 Å². The Morgan fingerprint density at radius 2 is 1.82 bits per heavy atom. The van der Waals surface area contributed by atoms with Gasteiger partial charge in [-0.3, -0.25) is 9.69 Å². The molecular formula is C15H17N4O3+. The van der Waals surface area contributed by atoms with Crippen molar-refractivity contribution < 1.29 is 19.0 Å². The monoisotopic (exact) mass is 301 g/mol. The molecule has 1 atom stereocenters. The van der Waals surface area contributed by atoms with E-state index in [4.69, 9.17) is 0 Å². The lowest BCUT2D eigenvalue weighted by Gasteiger charge is -2.25. The maximum atomic E-state index is 12.4. The van der Waals surface area contributed by atoms with E-state index in [0.717, 1.165) is 16.0 Å². The molecule has 3 rings (SSSR count). The zero-order chi connectivity index (χ0) is 16.0. The van der Waals surface area contributed by atoms with Crippen LogP contribution in [0.5, 0.6) is 0 Å². The van der Waals surface area contributed by atoms with E-state index in [9.17, 15) is 14.4 Å². The summed E-state index contributed by atoms with van der Waals surface area (Å²) in [5, 5.41) is 2.63. The Labute approximate surface area is 127 Å². The van der Waals surface area contributed by atoms with Crippen molar-refractivity contribution in [1.29, 1.82) is 0 Å². The van der Waals surface area contributed by atoms with E-state index in [2.05, 4.69) is 5.32 Å². The van der Waals surface area contributed by atoms with Gasteiger partial charge in [0.05, 0.1) is 20.6 Å². The fraction of sp³-hybridized carbons (Fsp3) is 0.333. The molecule has 1 unspecified atom stereocenters. The summed E-state index contributed by atoms with van der Waals surface area (Å²) in [7, 11) is 2.97. The Kier molecular flexibility index (Phi) is 3.20. The number of aryl methyl sites for hydroxylation is 1. The van der Waals surface area contributed by atoms with Gasteiger partial charge in [0, 0.05) is 0 Å². The Morgan fingerprint density at radius 3 is 2.45 bits per heavy atom. The SMILES string of the molecule is Cc1ccc(CN2C(=O)NC3=[N+](C)C(=O)N(C)C(=O)C32)cc1. The van der Waals surface area contributed by atoms with Gasteiger partial charge in [-0.05, 0) is 12.5 Å². The molecule has 1 aromatic rings. The van der Waals surface area contributed by atoms with Gasteiger partial charge in [-0.1, -0.05) is 29.8 Å². The number of amidine groups is 1. The van der Waals surface area contributed by atoms with Crippen LogP contribution in [0.4, 0.5) is 9.59 Å². The lowest BCUT2D eigenvalue weighted by Crippen LogP contribution is -2.58. The number of hydrogen-bond acceptors (Lipinski definition) is 3. The number of likely N-dealkylation sites (N-methyl/N-ethyl adjacent to an activating group) is 1. The summed E-state index contributed by atoms with van der Waals surface area (Å²) in [6.07, 6.45) is 0. The first-order valence-corrected chi connectivity index (χ1v) is 6.95. The summed E-state index contributed by atoms with van der Waals surface area (Å²) in [6, 6.07) is 6.16. The van der Waals surface area contributed by atoms with Crippen molar-refractivity contribution >= 4 is 23.8 Å². The van der Waals surface area contributed by atoms with E-state index in [1.165, 1.54) is 16.5 Å². The van der Waals surface area contributed by atoms with Gasteiger partial charge in [0.1, 0.15) is 0 Å². The van der Waals surface area contributed by atoms with Gasteiger partial charge in [-0.15, -0.1) is 0 Å². The molecule has 7 heteroatoms. The highest BCUT2D eigenvalue weighted by Gasteiger charge is 2.54. The van der Waals surface area contributed by atoms with Gasteiger partial charge in [0.15, 0.2) is 0 Å². The normalized spacial score (nSPS) is 21.4. The van der Waals surface area contributed by atoms with E-state index in [1.807, 2.05) is 31.2 Å². The van der Waals surface area contributed by atoms with Crippen molar-refractivity contribution in [3.63, 3.8) is 0 Å². The largest absolute Gasteiger partial charge is 0.445 e. The first-order chi connectivity index (χ1) is 10.4. The Morgan fingerprint density at radius 1 is 1.18 bits per heavy atom. The summed E-state index contributed by atoms with van der Waals surface area (Å²) in [4.78, 5) is 39.0. The molecule has 114 valence electrons. The number of imide groups is 1. The van der Waals surface area contributed by atoms with Crippen LogP contribution in [-0.2, 0) is 11.3 Å². The Hall–Kier alpha value is -2.70. The number of fused-ring (bicyclic) bond motifs is 1. The average Bonchev–Trinajstić information content (AvgIpc) is 2.82. The molecule has 2 aliphatic rings. The van der Waals surface area contributed by atoms with E-state index in [1.54, 1.807) is 7.05 Å². The quantitative estimate of drug-likeness (QED) is 0.810. The predicted molar refractivity (Wildman–Crippen MR) is 78.4 cm³/mol. The molecule has 1 fully saturated rings. The van der Waals surface area contributed by atoms with Gasteiger partial charge >= 0.3 is 18.0 Å². The molecule has 0 aromatic heterocycles. The molecule has 7 nitrogen and oxygen atoms in total. The highest BCUT2D eigenvalue weighted by Crippen LogP contribution is 2.19. The predicted octanol–water partition coefficient (Wildman–Crippen LogP) is 0.522. The van der Waals surface area contributed by atoms with Crippen LogP contribution in [0.2, 0.25) is 0 Å². The fourth-order valence-electron chi connectivity index (χ4n) is 2.69. The zero-order valence-corrected chi connectivity index (χ0v) is 12.7. The minimum absolute atomic E-state index is 0.307. The molecule has 0 aliphatic carbocycles. The van der Waals surface area contributed by atoms with Gasteiger partial charge in [-0.2, -0.15) is 4.90 Å². The molecule has 0 bridgehead atoms. The summed E-state index contributed by atoms with van der Waals surface area (Å²) >= 11 is 0. The van der Waals surface area contributed by atoms with Gasteiger partial charge in [-0.25, -0.2) is 19.5 Å². The highest BCUT2D eigenvalue weighted by molar-refractivity contribution is 6.21. The van der Waals surface area contributed by atoms with Crippen molar-refractivity contribution in [2.75, 3.05) is 14.1 Å². The van der Waals surface area contributed by atoms with Crippen LogP contribution >= 0.6 is 0 Å². The maximum Gasteiger partial charge on any atom is 0.445 e. The number of benzene rings is 1. The summed E-state index contributed by atoms with van der Waals surface area (Å²) in [6.45, 7) is 2.29. The Balaban J connectivity index is 1.95. The average molecular weight is 301 g/mol. The van der Waals surface area contributed by atoms with Crippen molar-refractivity contribution in [2.45, 2.75) is 19.5 Å². The number of nitrogens with zero attached hydrogens (tertiary/aromatic N) is 3. The third-order valence-corrected chi connectivity index (χ3v) is 4.04. The van der Waals surface area contributed by atoms with Gasteiger partial charge in [0.2, 0.25) is 11.9 Å². The second-order valence-corrected chi connectivity index (χ2v) is 5.57. The fourth-order valence-corrected chi connectivity index (χ4v) is 2.69. The minimum atomic E-state index is -0.776. The third-order valence-electron chi connectivity index (χ3n) is 4.04. The second kappa shape index (κ2) is 4.94.